The lowest BCUT2D eigenvalue weighted by atomic mass is 10.1. The minimum Gasteiger partial charge on any atom is -0.478 e. The van der Waals surface area contributed by atoms with Gasteiger partial charge >= 0.3 is 6.09 Å². The average Bonchev–Trinajstić information content (AvgIpc) is 2.83. The monoisotopic (exact) mass is 528 g/mol. The van der Waals surface area contributed by atoms with E-state index in [1.807, 2.05) is 38.1 Å². The summed E-state index contributed by atoms with van der Waals surface area (Å²) in [5.74, 6) is -0.422. The number of carbonyl (C=O) groups excluding carboxylic acids is 1. The number of sulfonamides is 1. The molecule has 0 aliphatic carbocycles. The van der Waals surface area contributed by atoms with Crippen LogP contribution in [0.25, 0.3) is 11.3 Å². The molecule has 9 nitrogen and oxygen atoms in total. The van der Waals surface area contributed by atoms with Crippen molar-refractivity contribution in [3.63, 3.8) is 0 Å². The number of hydrogen-bond donors (Lipinski definition) is 0. The summed E-state index contributed by atoms with van der Waals surface area (Å²) in [6.07, 6.45) is 1.76. The number of pyridine rings is 1. The van der Waals surface area contributed by atoms with Gasteiger partial charge in [-0.05, 0) is 25.0 Å². The van der Waals surface area contributed by atoms with E-state index in [2.05, 4.69) is 34.6 Å². The summed E-state index contributed by atoms with van der Waals surface area (Å²) in [7, 11) is -4.77. The van der Waals surface area contributed by atoms with Crippen LogP contribution in [0.15, 0.2) is 53.7 Å². The summed E-state index contributed by atoms with van der Waals surface area (Å²) in [6.45, 7) is 12.1. The van der Waals surface area contributed by atoms with Crippen LogP contribution in [0.4, 0.5) is 10.6 Å². The van der Waals surface area contributed by atoms with Crippen molar-refractivity contribution in [1.82, 2.24) is 15.0 Å². The predicted molar refractivity (Wildman–Crippen MR) is 142 cm³/mol. The zero-order valence-corrected chi connectivity index (χ0v) is 23.5. The second-order valence-electron chi connectivity index (χ2n) is 9.76. The van der Waals surface area contributed by atoms with Gasteiger partial charge in [-0.3, -0.25) is 4.98 Å². The number of aromatic nitrogens is 3. The van der Waals surface area contributed by atoms with E-state index in [-0.39, 0.29) is 34.8 Å². The van der Waals surface area contributed by atoms with E-state index >= 15 is 0 Å². The van der Waals surface area contributed by atoms with Crippen molar-refractivity contribution in [1.29, 1.82) is 0 Å². The van der Waals surface area contributed by atoms with E-state index in [1.165, 1.54) is 36.8 Å². The van der Waals surface area contributed by atoms with E-state index in [9.17, 15) is 13.2 Å². The van der Waals surface area contributed by atoms with Gasteiger partial charge in [-0.25, -0.2) is 23.2 Å². The van der Waals surface area contributed by atoms with Crippen LogP contribution in [0.3, 0.4) is 0 Å². The largest absolute Gasteiger partial charge is 0.478 e. The van der Waals surface area contributed by atoms with Crippen molar-refractivity contribution in [3.05, 3.63) is 54.5 Å². The summed E-state index contributed by atoms with van der Waals surface area (Å²) < 4.78 is 39.2. The van der Waals surface area contributed by atoms with Crippen molar-refractivity contribution >= 4 is 35.2 Å². The molecule has 0 radical (unpaired) electrons. The van der Waals surface area contributed by atoms with E-state index < -0.39 is 24.2 Å². The molecule has 36 heavy (non-hydrogen) atoms. The van der Waals surface area contributed by atoms with Gasteiger partial charge in [-0.15, -0.1) is 4.31 Å². The van der Waals surface area contributed by atoms with Crippen molar-refractivity contribution < 1.29 is 22.7 Å². The standard InChI is InChI=1S/C25H32N4O5SSi/c1-17(2)16-34-25(30)29(23-24(33-4)28-18(3)15-27-23)35(31,32)21-9-8-14-26-22(21)19-10-12-20(13-11-19)36(5,6)7/h8-15,17H,16H2,1-7H3. The van der Waals surface area contributed by atoms with E-state index in [4.69, 9.17) is 9.47 Å². The number of nitrogens with zero attached hydrogens (tertiary/aromatic N) is 4. The summed E-state index contributed by atoms with van der Waals surface area (Å²) in [4.78, 5) is 25.8. The topological polar surface area (TPSA) is 112 Å². The number of anilines is 1. The number of rotatable bonds is 8. The van der Waals surface area contributed by atoms with Crippen LogP contribution in [0.5, 0.6) is 5.88 Å². The molecule has 0 N–H and O–H groups in total. The highest BCUT2D eigenvalue weighted by Crippen LogP contribution is 2.33. The molecular weight excluding hydrogens is 496 g/mol. The lowest BCUT2D eigenvalue weighted by Crippen LogP contribution is -2.39. The molecule has 0 aliphatic heterocycles. The van der Waals surface area contributed by atoms with Gasteiger partial charge in [0.1, 0.15) is 4.90 Å². The first kappa shape index (κ1) is 27.3. The smallest absolute Gasteiger partial charge is 0.430 e. The molecule has 2 aromatic heterocycles. The van der Waals surface area contributed by atoms with Crippen LogP contribution in [0, 0.1) is 12.8 Å². The Labute approximate surface area is 213 Å². The van der Waals surface area contributed by atoms with Gasteiger partial charge in [0.25, 0.3) is 15.9 Å². The molecule has 0 bridgehead atoms. The molecular formula is C25H32N4O5SSi. The molecule has 1 aromatic carbocycles. The normalized spacial score (nSPS) is 11.9. The molecule has 0 fully saturated rings. The molecule has 0 spiro atoms. The van der Waals surface area contributed by atoms with E-state index in [0.717, 1.165) is 0 Å². The summed E-state index contributed by atoms with van der Waals surface area (Å²) in [5.41, 5.74) is 1.31. The summed E-state index contributed by atoms with van der Waals surface area (Å²) in [6, 6.07) is 10.6. The number of hydrogen-bond acceptors (Lipinski definition) is 8. The van der Waals surface area contributed by atoms with Crippen LogP contribution in [0.2, 0.25) is 19.6 Å². The number of benzene rings is 1. The Morgan fingerprint density at radius 2 is 1.75 bits per heavy atom. The first-order valence-electron chi connectivity index (χ1n) is 11.5. The number of methoxy groups -OCH3 is 1. The number of aryl methyl sites for hydroxylation is 1. The maximum Gasteiger partial charge on any atom is 0.430 e. The Kier molecular flexibility index (Phi) is 8.14. The number of ether oxygens (including phenoxy) is 2. The molecule has 0 aliphatic rings. The Hall–Kier alpha value is -3.31. The van der Waals surface area contributed by atoms with Crippen LogP contribution < -0.4 is 14.2 Å². The predicted octanol–water partition coefficient (Wildman–Crippen LogP) is 4.39. The Morgan fingerprint density at radius 1 is 1.08 bits per heavy atom. The minimum absolute atomic E-state index is 0.0108. The Bertz CT molecular complexity index is 1340. The highest BCUT2D eigenvalue weighted by Gasteiger charge is 2.38. The van der Waals surface area contributed by atoms with Crippen LogP contribution in [-0.2, 0) is 14.8 Å². The van der Waals surface area contributed by atoms with Gasteiger partial charge in [0.2, 0.25) is 5.82 Å². The van der Waals surface area contributed by atoms with Crippen molar-refractivity contribution in [3.8, 4) is 17.1 Å². The summed E-state index contributed by atoms with van der Waals surface area (Å²) >= 11 is 0. The molecule has 2 heterocycles. The number of amides is 1. The van der Waals surface area contributed by atoms with Crippen molar-refractivity contribution in [2.75, 3.05) is 18.0 Å². The van der Waals surface area contributed by atoms with Gasteiger partial charge in [0.15, 0.2) is 0 Å². The third kappa shape index (κ3) is 5.90. The third-order valence-corrected chi connectivity index (χ3v) is 9.00. The maximum atomic E-state index is 14.1. The second kappa shape index (κ2) is 10.7. The fourth-order valence-electron chi connectivity index (χ4n) is 3.36. The molecule has 11 heteroatoms. The lowest BCUT2D eigenvalue weighted by molar-refractivity contribution is 0.143. The molecule has 3 rings (SSSR count). The minimum atomic E-state index is -4.54. The summed E-state index contributed by atoms with van der Waals surface area (Å²) in [5, 5.41) is 1.23. The Morgan fingerprint density at radius 3 is 2.33 bits per heavy atom. The Balaban J connectivity index is 2.19. The SMILES string of the molecule is COc1nc(C)cnc1N(C(=O)OCC(C)C)S(=O)(=O)c1cccnc1-c1ccc([Si](C)(C)C)cc1. The molecule has 0 saturated carbocycles. The molecule has 3 aromatic rings. The van der Waals surface area contributed by atoms with Gasteiger partial charge in [0.05, 0.1) is 39.4 Å². The average molecular weight is 529 g/mol. The van der Waals surface area contributed by atoms with Crippen molar-refractivity contribution in [2.24, 2.45) is 5.92 Å². The molecule has 0 unspecified atom stereocenters. The molecule has 192 valence electrons. The fourth-order valence-corrected chi connectivity index (χ4v) is 5.99. The van der Waals surface area contributed by atoms with Gasteiger partial charge in [-0.2, -0.15) is 0 Å². The lowest BCUT2D eigenvalue weighted by Gasteiger charge is -2.23. The quantitative estimate of drug-likeness (QED) is 0.396. The van der Waals surface area contributed by atoms with E-state index in [0.29, 0.717) is 15.6 Å². The molecule has 0 saturated heterocycles. The maximum absolute atomic E-state index is 14.1. The van der Waals surface area contributed by atoms with Crippen molar-refractivity contribution in [2.45, 2.75) is 45.3 Å². The zero-order chi connectivity index (χ0) is 26.7. The third-order valence-electron chi connectivity index (χ3n) is 5.25. The van der Waals surface area contributed by atoms with E-state index in [1.54, 1.807) is 6.92 Å². The fraction of sp³-hybridized carbons (Fsp3) is 0.360. The van der Waals surface area contributed by atoms with Gasteiger partial charge < -0.3 is 9.47 Å². The van der Waals surface area contributed by atoms with Gasteiger partial charge in [-0.1, -0.05) is 62.9 Å². The van der Waals surface area contributed by atoms with Crippen LogP contribution in [-0.4, -0.2) is 51.3 Å². The highest BCUT2D eigenvalue weighted by atomic mass is 32.2. The van der Waals surface area contributed by atoms with Crippen LogP contribution in [0.1, 0.15) is 19.5 Å². The van der Waals surface area contributed by atoms with Crippen LogP contribution >= 0.6 is 0 Å². The first-order chi connectivity index (χ1) is 16.9. The number of carbonyl (C=O) groups is 1. The zero-order valence-electron chi connectivity index (χ0n) is 21.6. The molecule has 1 amide bonds. The molecule has 0 atom stereocenters. The first-order valence-corrected chi connectivity index (χ1v) is 16.5. The second-order valence-corrected chi connectivity index (χ2v) is 16.6. The highest BCUT2D eigenvalue weighted by molar-refractivity contribution is 7.93. The van der Waals surface area contributed by atoms with Gasteiger partial charge in [0, 0.05) is 11.8 Å².